The first kappa shape index (κ1) is 16.2. The van der Waals surface area contributed by atoms with E-state index >= 15 is 0 Å². The average molecular weight is 320 g/mol. The molecule has 1 N–H and O–H groups in total. The van der Waals surface area contributed by atoms with E-state index in [1.807, 2.05) is 18.2 Å². The number of nitrogens with one attached hydrogen (secondary N) is 1. The molecule has 112 valence electrons. The summed E-state index contributed by atoms with van der Waals surface area (Å²) in [6.07, 6.45) is 0.972. The summed E-state index contributed by atoms with van der Waals surface area (Å²) >= 11 is 3.40. The first-order chi connectivity index (χ1) is 10.1. The highest BCUT2D eigenvalue weighted by Crippen LogP contribution is 2.18. The summed E-state index contributed by atoms with van der Waals surface area (Å²) in [4.78, 5) is 19.0. The van der Waals surface area contributed by atoms with Gasteiger partial charge in [0.25, 0.3) is 5.56 Å². The molecule has 0 aliphatic rings. The van der Waals surface area contributed by atoms with E-state index in [-0.39, 0.29) is 5.56 Å². The summed E-state index contributed by atoms with van der Waals surface area (Å²) in [6.45, 7) is 4.29. The summed E-state index contributed by atoms with van der Waals surface area (Å²) in [5.74, 6) is 1.70. The quantitative estimate of drug-likeness (QED) is 0.623. The fraction of sp³-hybridized carbons (Fsp3) is 0.375. The van der Waals surface area contributed by atoms with Crippen molar-refractivity contribution in [3.05, 3.63) is 58.0 Å². The molecule has 5 heteroatoms. The van der Waals surface area contributed by atoms with Gasteiger partial charge in [0.05, 0.1) is 5.69 Å². The molecular formula is C16H20N2OS2. The molecule has 3 nitrogen and oxygen atoms in total. The van der Waals surface area contributed by atoms with Gasteiger partial charge in [0.1, 0.15) is 0 Å². The number of hydrogen-bond acceptors (Lipinski definition) is 4. The largest absolute Gasteiger partial charge is 0.301 e. The van der Waals surface area contributed by atoms with Gasteiger partial charge in [0.15, 0.2) is 5.16 Å². The lowest BCUT2D eigenvalue weighted by Gasteiger charge is -2.06. The number of hydrogen-bond donors (Lipinski definition) is 1. The summed E-state index contributed by atoms with van der Waals surface area (Å²) in [6, 6.07) is 11.9. The van der Waals surface area contributed by atoms with Crippen LogP contribution in [0.15, 0.2) is 46.3 Å². The molecule has 0 unspecified atom stereocenters. The first-order valence-electron chi connectivity index (χ1n) is 7.02. The van der Waals surface area contributed by atoms with E-state index in [2.05, 4.69) is 35.9 Å². The van der Waals surface area contributed by atoms with Gasteiger partial charge in [-0.1, -0.05) is 55.9 Å². The highest BCUT2D eigenvalue weighted by Gasteiger charge is 2.04. The number of rotatable bonds is 7. The van der Waals surface area contributed by atoms with E-state index in [9.17, 15) is 4.79 Å². The van der Waals surface area contributed by atoms with Crippen molar-refractivity contribution in [2.24, 2.45) is 0 Å². The molecule has 0 amide bonds. The van der Waals surface area contributed by atoms with E-state index in [0.29, 0.717) is 5.25 Å². The molecule has 1 heterocycles. The molecule has 0 fully saturated rings. The Hall–Kier alpha value is -1.20. The molecular weight excluding hydrogens is 300 g/mol. The smallest absolute Gasteiger partial charge is 0.251 e. The molecule has 0 spiro atoms. The minimum Gasteiger partial charge on any atom is -0.301 e. The van der Waals surface area contributed by atoms with Crippen molar-refractivity contribution in [2.45, 2.75) is 36.4 Å². The third-order valence-electron chi connectivity index (χ3n) is 2.81. The van der Waals surface area contributed by atoms with Gasteiger partial charge in [-0.15, -0.1) is 0 Å². The maximum absolute atomic E-state index is 11.7. The summed E-state index contributed by atoms with van der Waals surface area (Å²) in [5.41, 5.74) is 2.10. The van der Waals surface area contributed by atoms with Crippen molar-refractivity contribution < 1.29 is 0 Å². The van der Waals surface area contributed by atoms with Crippen LogP contribution < -0.4 is 5.56 Å². The molecule has 2 rings (SSSR count). The van der Waals surface area contributed by atoms with Crippen LogP contribution in [0.1, 0.15) is 25.1 Å². The maximum Gasteiger partial charge on any atom is 0.251 e. The van der Waals surface area contributed by atoms with Gasteiger partial charge in [0, 0.05) is 17.6 Å². The van der Waals surface area contributed by atoms with E-state index in [4.69, 9.17) is 0 Å². The second-order valence-corrected chi connectivity index (χ2v) is 7.63. The second kappa shape index (κ2) is 8.29. The van der Waals surface area contributed by atoms with E-state index in [1.165, 1.54) is 5.56 Å². The number of nitrogens with zero attached hydrogens (tertiary/aromatic N) is 1. The Kier molecular flexibility index (Phi) is 6.39. The predicted octanol–water partition coefficient (Wildman–Crippen LogP) is 3.75. The van der Waals surface area contributed by atoms with E-state index in [0.717, 1.165) is 28.8 Å². The SMILES string of the molecule is CC(C)SCc1cc(=O)[nH]c(SCCc2ccccc2)n1. The molecule has 1 aromatic carbocycles. The predicted molar refractivity (Wildman–Crippen MR) is 92.2 cm³/mol. The third kappa shape index (κ3) is 5.98. The molecule has 0 aliphatic carbocycles. The Balaban J connectivity index is 1.92. The summed E-state index contributed by atoms with van der Waals surface area (Å²) in [7, 11) is 0. The van der Waals surface area contributed by atoms with Crippen LogP contribution in [0.25, 0.3) is 0 Å². The topological polar surface area (TPSA) is 45.8 Å². The third-order valence-corrected chi connectivity index (χ3v) is 4.81. The van der Waals surface area contributed by atoms with Crippen molar-refractivity contribution in [2.75, 3.05) is 5.75 Å². The Morgan fingerprint density at radius 2 is 2.00 bits per heavy atom. The van der Waals surface area contributed by atoms with Crippen LogP contribution in [0, 0.1) is 0 Å². The van der Waals surface area contributed by atoms with Crippen molar-refractivity contribution in [3.8, 4) is 0 Å². The minimum atomic E-state index is -0.0634. The molecule has 0 atom stereocenters. The van der Waals surface area contributed by atoms with Gasteiger partial charge >= 0.3 is 0 Å². The lowest BCUT2D eigenvalue weighted by Crippen LogP contribution is -2.10. The zero-order valence-electron chi connectivity index (χ0n) is 12.3. The standard InChI is InChI=1S/C16H20N2OS2/c1-12(2)21-11-14-10-15(19)18-16(17-14)20-9-8-13-6-4-3-5-7-13/h3-7,10,12H,8-9,11H2,1-2H3,(H,17,18,19). The Morgan fingerprint density at radius 3 is 2.71 bits per heavy atom. The Labute approximate surface area is 134 Å². The molecule has 2 aromatic rings. The van der Waals surface area contributed by atoms with Crippen LogP contribution in [-0.2, 0) is 12.2 Å². The zero-order valence-corrected chi connectivity index (χ0v) is 14.0. The van der Waals surface area contributed by atoms with Crippen molar-refractivity contribution >= 4 is 23.5 Å². The molecule has 0 aliphatic heterocycles. The van der Waals surface area contributed by atoms with Gasteiger partial charge < -0.3 is 4.98 Å². The fourth-order valence-electron chi connectivity index (χ4n) is 1.79. The van der Waals surface area contributed by atoms with Crippen LogP contribution in [-0.4, -0.2) is 21.0 Å². The van der Waals surface area contributed by atoms with Crippen LogP contribution >= 0.6 is 23.5 Å². The lowest BCUT2D eigenvalue weighted by molar-refractivity contribution is 0.897. The monoisotopic (exact) mass is 320 g/mol. The first-order valence-corrected chi connectivity index (χ1v) is 9.05. The van der Waals surface area contributed by atoms with Gasteiger partial charge in [-0.2, -0.15) is 11.8 Å². The molecule has 0 radical (unpaired) electrons. The van der Waals surface area contributed by atoms with Gasteiger partial charge in [-0.05, 0) is 17.2 Å². The fourth-order valence-corrected chi connectivity index (χ4v) is 3.33. The number of thioether (sulfide) groups is 2. The van der Waals surface area contributed by atoms with Gasteiger partial charge in [0.2, 0.25) is 0 Å². The Morgan fingerprint density at radius 1 is 1.24 bits per heavy atom. The second-order valence-electron chi connectivity index (χ2n) is 4.99. The highest BCUT2D eigenvalue weighted by molar-refractivity contribution is 7.99. The van der Waals surface area contributed by atoms with Crippen molar-refractivity contribution in [3.63, 3.8) is 0 Å². The van der Waals surface area contributed by atoms with Crippen LogP contribution in [0.2, 0.25) is 0 Å². The van der Waals surface area contributed by atoms with Crippen molar-refractivity contribution in [1.29, 1.82) is 0 Å². The normalized spacial score (nSPS) is 11.0. The van der Waals surface area contributed by atoms with Crippen LogP contribution in [0.4, 0.5) is 0 Å². The minimum absolute atomic E-state index is 0.0634. The van der Waals surface area contributed by atoms with Gasteiger partial charge in [-0.3, -0.25) is 4.79 Å². The van der Waals surface area contributed by atoms with E-state index < -0.39 is 0 Å². The van der Waals surface area contributed by atoms with E-state index in [1.54, 1.807) is 29.6 Å². The highest BCUT2D eigenvalue weighted by atomic mass is 32.2. The number of aromatic nitrogens is 2. The average Bonchev–Trinajstić information content (AvgIpc) is 2.46. The Bertz CT molecular complexity index is 611. The molecule has 0 saturated heterocycles. The maximum atomic E-state index is 11.7. The molecule has 21 heavy (non-hydrogen) atoms. The zero-order chi connectivity index (χ0) is 15.1. The summed E-state index contributed by atoms with van der Waals surface area (Å²) < 4.78 is 0. The lowest BCUT2D eigenvalue weighted by atomic mass is 10.2. The number of aromatic amines is 1. The molecule has 1 aromatic heterocycles. The van der Waals surface area contributed by atoms with Crippen LogP contribution in [0.3, 0.4) is 0 Å². The number of aryl methyl sites for hydroxylation is 1. The molecule has 0 saturated carbocycles. The van der Waals surface area contributed by atoms with Crippen molar-refractivity contribution in [1.82, 2.24) is 9.97 Å². The number of benzene rings is 1. The summed E-state index contributed by atoms with van der Waals surface area (Å²) in [5, 5.41) is 1.26. The number of H-pyrrole nitrogens is 1. The molecule has 0 bridgehead atoms. The van der Waals surface area contributed by atoms with Crippen LogP contribution in [0.5, 0.6) is 0 Å². The van der Waals surface area contributed by atoms with Gasteiger partial charge in [-0.25, -0.2) is 4.98 Å².